The zero-order chi connectivity index (χ0) is 18.5. The summed E-state index contributed by atoms with van der Waals surface area (Å²) in [6, 6.07) is 15.1. The molecule has 26 heavy (non-hydrogen) atoms. The SMILES string of the molecule is COc1ccc(CNC(=O)CN2CC(C)C(=O)Nc3ccccc32)cc1. The van der Waals surface area contributed by atoms with E-state index in [2.05, 4.69) is 10.6 Å². The highest BCUT2D eigenvalue weighted by Crippen LogP contribution is 2.29. The van der Waals surface area contributed by atoms with E-state index in [-0.39, 0.29) is 24.3 Å². The number of rotatable bonds is 5. The molecule has 0 aromatic heterocycles. The third kappa shape index (κ3) is 4.14. The monoisotopic (exact) mass is 353 g/mol. The minimum atomic E-state index is -0.197. The van der Waals surface area contributed by atoms with Crippen LogP contribution in [0, 0.1) is 5.92 Å². The maximum atomic E-state index is 12.4. The molecule has 0 fully saturated rings. The number of nitrogens with zero attached hydrogens (tertiary/aromatic N) is 1. The Kier molecular flexibility index (Phi) is 5.41. The lowest BCUT2D eigenvalue weighted by Gasteiger charge is -2.24. The van der Waals surface area contributed by atoms with Gasteiger partial charge in [0.05, 0.1) is 30.9 Å². The van der Waals surface area contributed by atoms with Crippen molar-refractivity contribution in [1.29, 1.82) is 0 Å². The molecule has 0 aliphatic carbocycles. The average Bonchev–Trinajstić information content (AvgIpc) is 2.77. The Morgan fingerprint density at radius 1 is 1.23 bits per heavy atom. The highest BCUT2D eigenvalue weighted by Gasteiger charge is 2.25. The maximum Gasteiger partial charge on any atom is 0.239 e. The molecule has 3 rings (SSSR count). The Labute approximate surface area is 153 Å². The van der Waals surface area contributed by atoms with Crippen molar-refractivity contribution in [2.75, 3.05) is 30.4 Å². The van der Waals surface area contributed by atoms with Crippen LogP contribution in [-0.4, -0.2) is 32.0 Å². The summed E-state index contributed by atoms with van der Waals surface area (Å²) in [5.74, 6) is 0.472. The average molecular weight is 353 g/mol. The summed E-state index contributed by atoms with van der Waals surface area (Å²) in [6.07, 6.45) is 0. The second-order valence-electron chi connectivity index (χ2n) is 6.41. The van der Waals surface area contributed by atoms with E-state index in [0.29, 0.717) is 13.1 Å². The fraction of sp³-hybridized carbons (Fsp3) is 0.300. The molecular formula is C20H23N3O3. The second kappa shape index (κ2) is 7.91. The van der Waals surface area contributed by atoms with Gasteiger partial charge in [-0.05, 0) is 29.8 Å². The van der Waals surface area contributed by atoms with Crippen LogP contribution >= 0.6 is 0 Å². The molecule has 0 saturated carbocycles. The molecule has 2 aromatic carbocycles. The Bertz CT molecular complexity index is 789. The fourth-order valence-electron chi connectivity index (χ4n) is 2.95. The third-order valence-corrected chi connectivity index (χ3v) is 4.43. The van der Waals surface area contributed by atoms with E-state index in [9.17, 15) is 9.59 Å². The van der Waals surface area contributed by atoms with Crippen molar-refractivity contribution in [2.45, 2.75) is 13.5 Å². The highest BCUT2D eigenvalue weighted by molar-refractivity contribution is 5.98. The van der Waals surface area contributed by atoms with Crippen LogP contribution in [0.3, 0.4) is 0 Å². The van der Waals surface area contributed by atoms with Crippen LogP contribution in [0.1, 0.15) is 12.5 Å². The summed E-state index contributed by atoms with van der Waals surface area (Å²) in [5, 5.41) is 5.85. The molecule has 0 spiro atoms. The van der Waals surface area contributed by atoms with E-state index in [4.69, 9.17) is 4.74 Å². The molecule has 1 heterocycles. The Morgan fingerprint density at radius 2 is 1.96 bits per heavy atom. The van der Waals surface area contributed by atoms with Gasteiger partial charge in [-0.3, -0.25) is 9.59 Å². The van der Waals surface area contributed by atoms with E-state index < -0.39 is 0 Å². The minimum absolute atomic E-state index is 0.0291. The number of methoxy groups -OCH3 is 1. The van der Waals surface area contributed by atoms with Crippen molar-refractivity contribution in [3.63, 3.8) is 0 Å². The minimum Gasteiger partial charge on any atom is -0.497 e. The van der Waals surface area contributed by atoms with E-state index in [1.807, 2.05) is 60.4 Å². The van der Waals surface area contributed by atoms with Crippen molar-refractivity contribution in [3.8, 4) is 5.75 Å². The first kappa shape index (κ1) is 17.8. The normalized spacial score (nSPS) is 16.3. The number of carbonyl (C=O) groups is 2. The quantitative estimate of drug-likeness (QED) is 0.866. The first-order chi connectivity index (χ1) is 12.6. The first-order valence-electron chi connectivity index (χ1n) is 8.61. The number of amides is 2. The zero-order valence-electron chi connectivity index (χ0n) is 15.0. The van der Waals surface area contributed by atoms with Crippen LogP contribution in [0.5, 0.6) is 5.75 Å². The number of nitrogens with one attached hydrogen (secondary N) is 2. The van der Waals surface area contributed by atoms with E-state index in [1.165, 1.54) is 0 Å². The molecule has 1 atom stereocenters. The van der Waals surface area contributed by atoms with Gasteiger partial charge < -0.3 is 20.3 Å². The van der Waals surface area contributed by atoms with Gasteiger partial charge in [-0.1, -0.05) is 31.2 Å². The van der Waals surface area contributed by atoms with Crippen LogP contribution in [0.15, 0.2) is 48.5 Å². The Hall–Kier alpha value is -3.02. The fourth-order valence-corrected chi connectivity index (χ4v) is 2.95. The summed E-state index contributed by atoms with van der Waals surface area (Å²) in [6.45, 7) is 3.01. The predicted octanol–water partition coefficient (Wildman–Crippen LogP) is 2.41. The summed E-state index contributed by atoms with van der Waals surface area (Å²) < 4.78 is 5.13. The molecule has 1 aliphatic heterocycles. The van der Waals surface area contributed by atoms with Gasteiger partial charge in [0.1, 0.15) is 5.75 Å². The van der Waals surface area contributed by atoms with Gasteiger partial charge in [-0.2, -0.15) is 0 Å². The molecule has 0 saturated heterocycles. The standard InChI is InChI=1S/C20H23N3O3/c1-14-12-23(18-6-4-3-5-17(18)22-20(14)25)13-19(24)21-11-15-7-9-16(26-2)10-8-15/h3-10,14H,11-13H2,1-2H3,(H,21,24)(H,22,25). The van der Waals surface area contributed by atoms with Crippen molar-refractivity contribution in [1.82, 2.24) is 5.32 Å². The Balaban J connectivity index is 1.65. The molecule has 0 radical (unpaired) electrons. The number of fused-ring (bicyclic) bond motifs is 1. The van der Waals surface area contributed by atoms with Crippen LogP contribution in [0.25, 0.3) is 0 Å². The number of ether oxygens (including phenoxy) is 1. The number of carbonyl (C=O) groups excluding carboxylic acids is 2. The lowest BCUT2D eigenvalue weighted by atomic mass is 10.1. The lowest BCUT2D eigenvalue weighted by Crippen LogP contribution is -2.39. The van der Waals surface area contributed by atoms with Crippen molar-refractivity contribution >= 4 is 23.2 Å². The Morgan fingerprint density at radius 3 is 2.69 bits per heavy atom. The predicted molar refractivity (Wildman–Crippen MR) is 101 cm³/mol. The number of anilines is 2. The van der Waals surface area contributed by atoms with Crippen molar-refractivity contribution < 1.29 is 14.3 Å². The van der Waals surface area contributed by atoms with Gasteiger partial charge in [0, 0.05) is 13.1 Å². The summed E-state index contributed by atoms with van der Waals surface area (Å²) in [4.78, 5) is 26.5. The van der Waals surface area contributed by atoms with E-state index in [0.717, 1.165) is 22.7 Å². The van der Waals surface area contributed by atoms with Crippen molar-refractivity contribution in [3.05, 3.63) is 54.1 Å². The van der Waals surface area contributed by atoms with Gasteiger partial charge in [0.25, 0.3) is 0 Å². The van der Waals surface area contributed by atoms with Gasteiger partial charge in [0.2, 0.25) is 11.8 Å². The molecule has 6 heteroatoms. The summed E-state index contributed by atoms with van der Waals surface area (Å²) >= 11 is 0. The topological polar surface area (TPSA) is 70.7 Å². The van der Waals surface area contributed by atoms with E-state index in [1.54, 1.807) is 7.11 Å². The number of para-hydroxylation sites is 2. The van der Waals surface area contributed by atoms with Gasteiger partial charge in [-0.25, -0.2) is 0 Å². The largest absolute Gasteiger partial charge is 0.497 e. The maximum absolute atomic E-state index is 12.4. The molecule has 2 aromatic rings. The van der Waals surface area contributed by atoms with Crippen LogP contribution in [0.2, 0.25) is 0 Å². The van der Waals surface area contributed by atoms with Crippen LogP contribution in [0.4, 0.5) is 11.4 Å². The van der Waals surface area contributed by atoms with Gasteiger partial charge in [0.15, 0.2) is 0 Å². The molecule has 2 N–H and O–H groups in total. The molecule has 2 amide bonds. The van der Waals surface area contributed by atoms with Crippen LogP contribution < -0.4 is 20.3 Å². The number of benzene rings is 2. The molecule has 0 bridgehead atoms. The first-order valence-corrected chi connectivity index (χ1v) is 8.61. The van der Waals surface area contributed by atoms with Gasteiger partial charge in [-0.15, -0.1) is 0 Å². The molecule has 136 valence electrons. The van der Waals surface area contributed by atoms with Crippen LogP contribution in [-0.2, 0) is 16.1 Å². The smallest absolute Gasteiger partial charge is 0.239 e. The number of hydrogen-bond donors (Lipinski definition) is 2. The summed E-state index contributed by atoms with van der Waals surface area (Å²) in [7, 11) is 1.62. The van der Waals surface area contributed by atoms with Gasteiger partial charge >= 0.3 is 0 Å². The third-order valence-electron chi connectivity index (χ3n) is 4.43. The highest BCUT2D eigenvalue weighted by atomic mass is 16.5. The molecule has 1 unspecified atom stereocenters. The lowest BCUT2D eigenvalue weighted by molar-refractivity contribution is -0.121. The van der Waals surface area contributed by atoms with E-state index >= 15 is 0 Å². The summed E-state index contributed by atoms with van der Waals surface area (Å²) in [5.41, 5.74) is 2.61. The van der Waals surface area contributed by atoms with Crippen molar-refractivity contribution in [2.24, 2.45) is 5.92 Å². The second-order valence-corrected chi connectivity index (χ2v) is 6.41. The molecular weight excluding hydrogens is 330 g/mol. The zero-order valence-corrected chi connectivity index (χ0v) is 15.0. The number of hydrogen-bond acceptors (Lipinski definition) is 4. The molecule has 6 nitrogen and oxygen atoms in total. The molecule has 1 aliphatic rings.